The van der Waals surface area contributed by atoms with Gasteiger partial charge >= 0.3 is 0 Å². The van der Waals surface area contributed by atoms with Crippen molar-refractivity contribution >= 4 is 0 Å². The molecule has 16 heavy (non-hydrogen) atoms. The summed E-state index contributed by atoms with van der Waals surface area (Å²) in [6.45, 7) is 0. The molecule has 0 radical (unpaired) electrons. The maximum Gasteiger partial charge on any atom is 0.0201 e. The molecule has 1 aromatic carbocycles. The van der Waals surface area contributed by atoms with Crippen molar-refractivity contribution < 1.29 is 0 Å². The van der Waals surface area contributed by atoms with Gasteiger partial charge in [0.2, 0.25) is 0 Å². The minimum atomic E-state index is 0.529. The Morgan fingerprint density at radius 1 is 0.938 bits per heavy atom. The Bertz CT molecular complexity index is 425. The Balaban J connectivity index is 2.03. The lowest BCUT2D eigenvalue weighted by atomic mass is 9.82. The molecule has 0 bridgehead atoms. The molecule has 0 N–H and O–H groups in total. The Kier molecular flexibility index (Phi) is 2.65. The summed E-state index contributed by atoms with van der Waals surface area (Å²) in [5.41, 5.74) is 4.77. The Morgan fingerprint density at radius 3 is 2.62 bits per heavy atom. The summed E-state index contributed by atoms with van der Waals surface area (Å²) >= 11 is 0. The molecule has 0 saturated heterocycles. The van der Waals surface area contributed by atoms with E-state index in [-0.39, 0.29) is 0 Å². The molecule has 2 aliphatic carbocycles. The van der Waals surface area contributed by atoms with E-state index >= 15 is 0 Å². The van der Waals surface area contributed by atoms with Gasteiger partial charge in [0.1, 0.15) is 0 Å². The van der Waals surface area contributed by atoms with Crippen LogP contribution in [0.3, 0.4) is 0 Å². The van der Waals surface area contributed by atoms with Crippen molar-refractivity contribution in [3.8, 4) is 0 Å². The lowest BCUT2D eigenvalue weighted by molar-refractivity contribution is 0.677. The molecule has 0 unspecified atom stereocenters. The van der Waals surface area contributed by atoms with E-state index in [4.69, 9.17) is 0 Å². The third-order valence-corrected chi connectivity index (χ3v) is 3.75. The second-order valence-electron chi connectivity index (χ2n) is 4.81. The van der Waals surface area contributed by atoms with Crippen LogP contribution in [0, 0.1) is 0 Å². The van der Waals surface area contributed by atoms with Crippen LogP contribution < -0.4 is 0 Å². The van der Waals surface area contributed by atoms with Crippen molar-refractivity contribution in [2.24, 2.45) is 0 Å². The Morgan fingerprint density at radius 2 is 1.75 bits per heavy atom. The number of allylic oxidation sites excluding steroid dienone is 4. The van der Waals surface area contributed by atoms with Gasteiger partial charge in [-0.2, -0.15) is 0 Å². The van der Waals surface area contributed by atoms with E-state index in [1.807, 2.05) is 0 Å². The topological polar surface area (TPSA) is 0 Å². The normalized spacial score (nSPS) is 19.8. The molecule has 0 atom stereocenters. The summed E-state index contributed by atoms with van der Waals surface area (Å²) in [5, 5.41) is 0. The van der Waals surface area contributed by atoms with Gasteiger partial charge in [-0.15, -0.1) is 0 Å². The number of hydrogen-bond donors (Lipinski definition) is 0. The van der Waals surface area contributed by atoms with Gasteiger partial charge in [0, 0.05) is 5.92 Å². The van der Waals surface area contributed by atoms with Crippen LogP contribution in [-0.2, 0) is 12.8 Å². The maximum atomic E-state index is 2.35. The van der Waals surface area contributed by atoms with Crippen LogP contribution in [0.25, 0.3) is 0 Å². The molecule has 0 heteroatoms. The molecule has 82 valence electrons. The van der Waals surface area contributed by atoms with Crippen molar-refractivity contribution in [1.29, 1.82) is 0 Å². The van der Waals surface area contributed by atoms with Gasteiger partial charge in [0.25, 0.3) is 0 Å². The first kappa shape index (κ1) is 9.89. The smallest absolute Gasteiger partial charge is 0.0201 e. The first-order valence-corrected chi connectivity index (χ1v) is 6.39. The maximum absolute atomic E-state index is 2.35. The molecule has 0 saturated carbocycles. The summed E-state index contributed by atoms with van der Waals surface area (Å²) < 4.78 is 0. The van der Waals surface area contributed by atoms with Gasteiger partial charge in [-0.3, -0.25) is 0 Å². The molecule has 0 spiro atoms. The second kappa shape index (κ2) is 4.29. The minimum Gasteiger partial charge on any atom is -0.0838 e. The highest BCUT2D eigenvalue weighted by molar-refractivity contribution is 5.43. The van der Waals surface area contributed by atoms with Crippen molar-refractivity contribution in [3.63, 3.8) is 0 Å². The standard InChI is InChI=1S/C16H18/c1-2-7-13(8-3-1)16-12-6-10-14-9-4-5-11-15(14)16/h2-3,6-8,10,12-13H,1,4-5,9,11H2. The minimum absolute atomic E-state index is 0.529. The van der Waals surface area contributed by atoms with Crippen LogP contribution in [0.1, 0.15) is 41.9 Å². The number of aryl methyl sites for hydroxylation is 1. The van der Waals surface area contributed by atoms with Gasteiger partial charge in [-0.1, -0.05) is 42.5 Å². The van der Waals surface area contributed by atoms with Crippen molar-refractivity contribution in [2.45, 2.75) is 38.0 Å². The van der Waals surface area contributed by atoms with E-state index in [1.54, 1.807) is 16.7 Å². The third kappa shape index (κ3) is 1.73. The number of hydrogen-bond acceptors (Lipinski definition) is 0. The van der Waals surface area contributed by atoms with Crippen LogP contribution in [0.2, 0.25) is 0 Å². The SMILES string of the molecule is C1=CC(c2cccc3c2CCCC3)C=CC1. The summed E-state index contributed by atoms with van der Waals surface area (Å²) in [6.07, 6.45) is 15.7. The van der Waals surface area contributed by atoms with E-state index in [0.29, 0.717) is 5.92 Å². The zero-order valence-electron chi connectivity index (χ0n) is 9.65. The summed E-state index contributed by atoms with van der Waals surface area (Å²) in [5.74, 6) is 0.529. The molecule has 3 rings (SSSR count). The van der Waals surface area contributed by atoms with E-state index in [9.17, 15) is 0 Å². The van der Waals surface area contributed by atoms with Crippen molar-refractivity contribution in [1.82, 2.24) is 0 Å². The van der Waals surface area contributed by atoms with Crippen molar-refractivity contribution in [3.05, 3.63) is 59.2 Å². The third-order valence-electron chi connectivity index (χ3n) is 3.75. The zero-order valence-corrected chi connectivity index (χ0v) is 9.65. The second-order valence-corrected chi connectivity index (χ2v) is 4.81. The predicted molar refractivity (Wildman–Crippen MR) is 68.7 cm³/mol. The molecule has 1 aromatic rings. The van der Waals surface area contributed by atoms with Gasteiger partial charge < -0.3 is 0 Å². The fraction of sp³-hybridized carbons (Fsp3) is 0.375. The summed E-state index contributed by atoms with van der Waals surface area (Å²) in [4.78, 5) is 0. The number of benzene rings is 1. The molecular weight excluding hydrogens is 192 g/mol. The molecule has 0 amide bonds. The van der Waals surface area contributed by atoms with Crippen LogP contribution in [0.4, 0.5) is 0 Å². The first-order valence-electron chi connectivity index (χ1n) is 6.39. The molecule has 0 fully saturated rings. The van der Waals surface area contributed by atoms with E-state index in [2.05, 4.69) is 42.5 Å². The van der Waals surface area contributed by atoms with Gasteiger partial charge in [-0.25, -0.2) is 0 Å². The largest absolute Gasteiger partial charge is 0.0838 e. The Hall–Kier alpha value is -1.30. The number of rotatable bonds is 1. The van der Waals surface area contributed by atoms with Crippen molar-refractivity contribution in [2.75, 3.05) is 0 Å². The molecule has 0 aliphatic heterocycles. The summed E-state index contributed by atoms with van der Waals surface area (Å²) in [6, 6.07) is 6.86. The molecule has 2 aliphatic rings. The molecule has 0 heterocycles. The lowest BCUT2D eigenvalue weighted by Gasteiger charge is -2.22. The van der Waals surface area contributed by atoms with Crippen LogP contribution in [-0.4, -0.2) is 0 Å². The quantitative estimate of drug-likeness (QED) is 0.610. The fourth-order valence-electron chi connectivity index (χ4n) is 2.92. The van der Waals surface area contributed by atoms with Gasteiger partial charge in [-0.05, 0) is 48.8 Å². The van der Waals surface area contributed by atoms with E-state index in [0.717, 1.165) is 6.42 Å². The highest BCUT2D eigenvalue weighted by Gasteiger charge is 2.16. The predicted octanol–water partition coefficient (Wildman–Crippen LogP) is 4.17. The average Bonchev–Trinajstić information content (AvgIpc) is 2.39. The average molecular weight is 210 g/mol. The van der Waals surface area contributed by atoms with E-state index in [1.165, 1.54) is 25.7 Å². The van der Waals surface area contributed by atoms with Crippen LogP contribution in [0.5, 0.6) is 0 Å². The fourth-order valence-corrected chi connectivity index (χ4v) is 2.92. The van der Waals surface area contributed by atoms with Gasteiger partial charge in [0.05, 0.1) is 0 Å². The van der Waals surface area contributed by atoms with Crippen LogP contribution >= 0.6 is 0 Å². The monoisotopic (exact) mass is 210 g/mol. The molecule has 0 nitrogen and oxygen atoms in total. The summed E-state index contributed by atoms with van der Waals surface area (Å²) in [7, 11) is 0. The molecule has 0 aromatic heterocycles. The first-order chi connectivity index (χ1) is 7.95. The highest BCUT2D eigenvalue weighted by atomic mass is 14.2. The highest BCUT2D eigenvalue weighted by Crippen LogP contribution is 2.31. The number of fused-ring (bicyclic) bond motifs is 1. The Labute approximate surface area is 97.7 Å². The lowest BCUT2D eigenvalue weighted by Crippen LogP contribution is -2.08. The van der Waals surface area contributed by atoms with E-state index < -0.39 is 0 Å². The zero-order chi connectivity index (χ0) is 10.8. The van der Waals surface area contributed by atoms with Crippen LogP contribution in [0.15, 0.2) is 42.5 Å². The molecular formula is C16H18. The van der Waals surface area contributed by atoms with Gasteiger partial charge in [0.15, 0.2) is 0 Å².